The van der Waals surface area contributed by atoms with Gasteiger partial charge in [-0.25, -0.2) is 19.9 Å². The fourth-order valence-electron chi connectivity index (χ4n) is 8.35. The smallest absolute Gasteiger partial charge is 0.128 e. The summed E-state index contributed by atoms with van der Waals surface area (Å²) in [5, 5.41) is 0. The second-order valence-corrected chi connectivity index (χ2v) is 21.0. The number of hydrogen-bond acceptors (Lipinski definition) is 16. The number of rotatable bonds is 28. The van der Waals surface area contributed by atoms with Crippen LogP contribution in [0.15, 0.2) is 195 Å². The van der Waals surface area contributed by atoms with E-state index in [1.807, 2.05) is 122 Å². The van der Waals surface area contributed by atoms with E-state index in [1.165, 1.54) is 22.3 Å². The van der Waals surface area contributed by atoms with E-state index in [9.17, 15) is 0 Å². The zero-order valence-electron chi connectivity index (χ0n) is 52.0. The van der Waals surface area contributed by atoms with Gasteiger partial charge in [0.2, 0.25) is 0 Å². The lowest BCUT2D eigenvalue weighted by molar-refractivity contribution is 0.411. The van der Waals surface area contributed by atoms with Gasteiger partial charge in [-0.15, -0.1) is 0 Å². The van der Waals surface area contributed by atoms with Crippen LogP contribution in [0.3, 0.4) is 0 Å². The van der Waals surface area contributed by atoms with Crippen LogP contribution in [0.5, 0.6) is 23.0 Å². The van der Waals surface area contributed by atoms with Crippen molar-refractivity contribution < 1.29 is 18.9 Å². The molecule has 84 heavy (non-hydrogen) atoms. The normalized spacial score (nSPS) is 10.7. The van der Waals surface area contributed by atoms with E-state index in [1.54, 1.807) is 28.4 Å². The van der Waals surface area contributed by atoms with Gasteiger partial charge in [0.05, 0.1) is 28.4 Å². The fraction of sp³-hybridized carbons (Fsp3) is 0.353. The third-order valence-corrected chi connectivity index (χ3v) is 13.3. The molecule has 0 aliphatic rings. The molecule has 4 aromatic heterocycles. The molecule has 8 rings (SSSR count). The van der Waals surface area contributed by atoms with Crippen molar-refractivity contribution in [1.82, 2.24) is 39.5 Å². The third kappa shape index (κ3) is 25.5. The fourth-order valence-corrected chi connectivity index (χ4v) is 8.35. The summed E-state index contributed by atoms with van der Waals surface area (Å²) in [5.74, 6) is 7.58. The number of pyridine rings is 4. The quantitative estimate of drug-likeness (QED) is 0.0463. The van der Waals surface area contributed by atoms with Crippen molar-refractivity contribution in [1.29, 1.82) is 0 Å². The number of aromatic nitrogens is 4. The summed E-state index contributed by atoms with van der Waals surface area (Å²) in [6.07, 6.45) is 7.36. The Hall–Kier alpha value is -8.28. The molecule has 448 valence electrons. The average Bonchev–Trinajstić information content (AvgIpc) is 3.54. The van der Waals surface area contributed by atoms with Gasteiger partial charge in [0.15, 0.2) is 0 Å². The van der Waals surface area contributed by atoms with Gasteiger partial charge in [-0.3, -0.25) is 0 Å². The molecule has 4 aromatic carbocycles. The summed E-state index contributed by atoms with van der Waals surface area (Å²) in [6, 6.07) is 56.9. The zero-order chi connectivity index (χ0) is 60.3. The van der Waals surface area contributed by atoms with Crippen LogP contribution in [0.25, 0.3) is 0 Å². The molecule has 0 unspecified atom stereocenters. The summed E-state index contributed by atoms with van der Waals surface area (Å²) in [4.78, 5) is 35.8. The molecular formula is C68H92N12O4. The van der Waals surface area contributed by atoms with Crippen molar-refractivity contribution in [2.24, 2.45) is 0 Å². The Kier molecular flexibility index (Phi) is 29.9. The van der Waals surface area contributed by atoms with E-state index in [0.29, 0.717) is 0 Å². The Morgan fingerprint density at radius 1 is 0.250 bits per heavy atom. The molecule has 0 bridgehead atoms. The first-order chi connectivity index (χ1) is 40.7. The Labute approximate surface area is 502 Å². The van der Waals surface area contributed by atoms with Crippen LogP contribution in [0.2, 0.25) is 0 Å². The topological polar surface area (TPSA) is 114 Å². The molecule has 0 saturated carbocycles. The Balaban J connectivity index is 0.000000205. The summed E-state index contributed by atoms with van der Waals surface area (Å²) in [5.41, 5.74) is 5.00. The van der Waals surface area contributed by atoms with Crippen LogP contribution in [0, 0.1) is 0 Å². The number of likely N-dealkylation sites (N-methyl/N-ethyl adjacent to an activating group) is 4. The molecule has 0 radical (unpaired) electrons. The first-order valence-electron chi connectivity index (χ1n) is 28.5. The number of ether oxygens (including phenoxy) is 4. The van der Waals surface area contributed by atoms with Gasteiger partial charge >= 0.3 is 0 Å². The van der Waals surface area contributed by atoms with E-state index >= 15 is 0 Å². The molecule has 0 fully saturated rings. The highest BCUT2D eigenvalue weighted by Gasteiger charge is 2.13. The van der Waals surface area contributed by atoms with E-state index in [2.05, 4.69) is 188 Å². The summed E-state index contributed by atoms with van der Waals surface area (Å²) in [6.45, 7) is 11.1. The van der Waals surface area contributed by atoms with Crippen molar-refractivity contribution in [3.05, 3.63) is 217 Å². The monoisotopic (exact) mass is 1140 g/mol. The van der Waals surface area contributed by atoms with Crippen LogP contribution in [0.1, 0.15) is 22.3 Å². The van der Waals surface area contributed by atoms with Crippen molar-refractivity contribution in [3.63, 3.8) is 0 Å². The minimum Gasteiger partial charge on any atom is -0.497 e. The van der Waals surface area contributed by atoms with Crippen molar-refractivity contribution in [3.8, 4) is 23.0 Å². The molecule has 8 aromatic rings. The predicted octanol–water partition coefficient (Wildman–Crippen LogP) is 10.6. The van der Waals surface area contributed by atoms with Gasteiger partial charge in [-0.05, 0) is 176 Å². The predicted molar refractivity (Wildman–Crippen MR) is 347 cm³/mol. The van der Waals surface area contributed by atoms with Gasteiger partial charge < -0.3 is 58.1 Å². The maximum atomic E-state index is 5.21. The highest BCUT2D eigenvalue weighted by molar-refractivity contribution is 5.43. The molecule has 0 aliphatic heterocycles. The van der Waals surface area contributed by atoms with Crippen molar-refractivity contribution in [2.45, 2.75) is 26.2 Å². The summed E-state index contributed by atoms with van der Waals surface area (Å²) in [7, 11) is 23.4. The highest BCUT2D eigenvalue weighted by Crippen LogP contribution is 2.21. The lowest BCUT2D eigenvalue weighted by Gasteiger charge is -2.25. The molecule has 16 nitrogen and oxygen atoms in total. The van der Waals surface area contributed by atoms with Crippen LogP contribution in [-0.4, -0.2) is 177 Å². The molecule has 0 amide bonds. The first-order valence-corrected chi connectivity index (χ1v) is 28.5. The minimum absolute atomic E-state index is 0.842. The van der Waals surface area contributed by atoms with Crippen molar-refractivity contribution >= 4 is 23.3 Å². The largest absolute Gasteiger partial charge is 0.497 e. The van der Waals surface area contributed by atoms with Crippen molar-refractivity contribution in [2.75, 3.05) is 157 Å². The van der Waals surface area contributed by atoms with Gasteiger partial charge in [-0.1, -0.05) is 72.8 Å². The Bertz CT molecular complexity index is 2510. The van der Waals surface area contributed by atoms with Crippen LogP contribution >= 0.6 is 0 Å². The van der Waals surface area contributed by atoms with E-state index in [-0.39, 0.29) is 0 Å². The lowest BCUT2D eigenvalue weighted by atomic mass is 10.2. The molecule has 16 heteroatoms. The number of methoxy groups -OCH3 is 4. The maximum absolute atomic E-state index is 5.21. The highest BCUT2D eigenvalue weighted by atomic mass is 16.5. The Morgan fingerprint density at radius 2 is 0.440 bits per heavy atom. The molecule has 0 saturated heterocycles. The van der Waals surface area contributed by atoms with Crippen LogP contribution in [0.4, 0.5) is 23.3 Å². The summed E-state index contributed by atoms with van der Waals surface area (Å²) < 4.78 is 20.8. The minimum atomic E-state index is 0.842. The Morgan fingerprint density at radius 3 is 0.583 bits per heavy atom. The van der Waals surface area contributed by atoms with E-state index < -0.39 is 0 Å². The molecular weight excluding hydrogens is 1050 g/mol. The van der Waals surface area contributed by atoms with Gasteiger partial charge in [0.1, 0.15) is 46.3 Å². The van der Waals surface area contributed by atoms with Crippen LogP contribution < -0.4 is 38.5 Å². The van der Waals surface area contributed by atoms with Gasteiger partial charge in [0.25, 0.3) is 0 Å². The number of nitrogens with zero attached hydrogens (tertiary/aromatic N) is 12. The number of hydrogen-bond donors (Lipinski definition) is 0. The summed E-state index contributed by atoms with van der Waals surface area (Å²) >= 11 is 0. The van der Waals surface area contributed by atoms with E-state index in [4.69, 9.17) is 18.9 Å². The maximum Gasteiger partial charge on any atom is 0.128 e. The second-order valence-electron chi connectivity index (χ2n) is 21.0. The SMILES string of the molecule is COc1ccc(CN(CCN(C)C)c2ccccn2)cc1.COc1ccc(CN(CCN(C)C)c2ccccn2)cc1.COc1ccc(CN(CCN(C)C)c2ccccn2)cc1.COc1ccc(CN(CCN(C)C)c2ccccn2)cc1. The van der Waals surface area contributed by atoms with E-state index in [0.717, 1.165) is 125 Å². The molecule has 4 heterocycles. The molecule has 0 spiro atoms. The third-order valence-electron chi connectivity index (χ3n) is 13.3. The number of anilines is 4. The standard InChI is InChI=1S/4C17H23N3O/c4*1-19(2)12-13-20(17-6-4-5-11-18-17)14-15-7-9-16(21-3)10-8-15/h4*4-11H,12-14H2,1-3H3. The second kappa shape index (κ2) is 37.7. The molecule has 0 N–H and O–H groups in total. The zero-order valence-corrected chi connectivity index (χ0v) is 52.0. The molecule has 0 atom stereocenters. The van der Waals surface area contributed by atoms with Gasteiger partial charge in [-0.2, -0.15) is 0 Å². The number of benzene rings is 4. The first kappa shape index (κ1) is 66.5. The average molecular weight is 1140 g/mol. The van der Waals surface area contributed by atoms with Crippen LogP contribution in [-0.2, 0) is 26.2 Å². The molecule has 0 aliphatic carbocycles. The van der Waals surface area contributed by atoms with Gasteiger partial charge in [0, 0.05) is 103 Å². The lowest BCUT2D eigenvalue weighted by Crippen LogP contribution is -2.31.